The third-order valence-electron chi connectivity index (χ3n) is 1.68. The number of pyridine rings is 1. The first-order valence-electron chi connectivity index (χ1n) is 4.06. The summed E-state index contributed by atoms with van der Waals surface area (Å²) in [6.45, 7) is 0. The molecule has 3 N–H and O–H groups in total. The Morgan fingerprint density at radius 3 is 3.07 bits per heavy atom. The molecule has 76 valence electrons. The molecule has 0 unspecified atom stereocenters. The molecule has 2 rings (SSSR count). The molecule has 0 fully saturated rings. The second-order valence-corrected chi connectivity index (χ2v) is 3.46. The van der Waals surface area contributed by atoms with Gasteiger partial charge in [-0.2, -0.15) is 0 Å². The number of hydrogen-bond donors (Lipinski definition) is 2. The molecule has 1 amide bonds. The predicted molar refractivity (Wildman–Crippen MR) is 55.9 cm³/mol. The molecule has 0 saturated carbocycles. The highest BCUT2D eigenvalue weighted by Gasteiger charge is 2.09. The number of amides is 1. The van der Waals surface area contributed by atoms with Gasteiger partial charge in [-0.05, 0) is 12.1 Å². The van der Waals surface area contributed by atoms with E-state index in [2.05, 4.69) is 19.9 Å². The highest BCUT2D eigenvalue weighted by atomic mass is 32.1. The number of primary amides is 1. The molecule has 0 atom stereocenters. The third-order valence-corrected chi connectivity index (χ3v) is 2.26. The van der Waals surface area contributed by atoms with Gasteiger partial charge < -0.3 is 11.1 Å². The molecular formula is C8H7N5OS. The maximum atomic E-state index is 11.1. The fourth-order valence-corrected chi connectivity index (χ4v) is 1.46. The first-order valence-corrected chi connectivity index (χ1v) is 4.84. The van der Waals surface area contributed by atoms with E-state index in [1.165, 1.54) is 11.5 Å². The average molecular weight is 221 g/mol. The van der Waals surface area contributed by atoms with Gasteiger partial charge in [-0.25, -0.2) is 4.98 Å². The summed E-state index contributed by atoms with van der Waals surface area (Å²) >= 11 is 1.17. The first kappa shape index (κ1) is 9.53. The predicted octanol–water partition coefficient (Wildman–Crippen LogP) is 0.776. The average Bonchev–Trinajstić information content (AvgIpc) is 2.71. The van der Waals surface area contributed by atoms with Gasteiger partial charge in [0.15, 0.2) is 0 Å². The van der Waals surface area contributed by atoms with Crippen LogP contribution in [0.25, 0.3) is 0 Å². The van der Waals surface area contributed by atoms with Crippen LogP contribution in [0, 0.1) is 0 Å². The van der Waals surface area contributed by atoms with E-state index >= 15 is 0 Å². The number of nitrogens with one attached hydrogen (secondary N) is 1. The second-order valence-electron chi connectivity index (χ2n) is 2.67. The van der Waals surface area contributed by atoms with Crippen LogP contribution in [0.2, 0.25) is 0 Å². The summed E-state index contributed by atoms with van der Waals surface area (Å²) in [5.41, 5.74) is 5.54. The van der Waals surface area contributed by atoms with Gasteiger partial charge in [0, 0.05) is 17.7 Å². The smallest absolute Gasteiger partial charge is 0.252 e. The van der Waals surface area contributed by atoms with Crippen LogP contribution in [0.5, 0.6) is 0 Å². The quantitative estimate of drug-likeness (QED) is 0.798. The van der Waals surface area contributed by atoms with Crippen LogP contribution in [-0.2, 0) is 0 Å². The lowest BCUT2D eigenvalue weighted by molar-refractivity contribution is 0.100. The fourth-order valence-electron chi connectivity index (χ4n) is 1.04. The Labute approximate surface area is 89.3 Å². The summed E-state index contributed by atoms with van der Waals surface area (Å²) in [5, 5.41) is 7.28. The van der Waals surface area contributed by atoms with Crippen LogP contribution in [0.3, 0.4) is 0 Å². The molecule has 6 nitrogen and oxygen atoms in total. The fraction of sp³-hybridized carbons (Fsp3) is 0. The molecule has 0 aromatic carbocycles. The largest absolute Gasteiger partial charge is 0.365 e. The van der Waals surface area contributed by atoms with Gasteiger partial charge in [-0.3, -0.25) is 4.79 Å². The van der Waals surface area contributed by atoms with Crippen molar-refractivity contribution in [2.24, 2.45) is 5.73 Å². The molecule has 7 heteroatoms. The second kappa shape index (κ2) is 4.01. The molecule has 0 aliphatic rings. The number of nitrogens with zero attached hydrogens (tertiary/aromatic N) is 3. The normalized spacial score (nSPS) is 9.87. The molecule has 2 heterocycles. The molecule has 0 saturated heterocycles. The standard InChI is InChI=1S/C8H7N5OS/c9-7(14)5-2-1-3-10-8(5)12-6-4-11-13-15-6/h1-4H,(H2,9,14)(H,10,12). The number of carbonyl (C=O) groups excluding carboxylic acids is 1. The Balaban J connectivity index is 2.32. The van der Waals surface area contributed by atoms with E-state index in [1.807, 2.05) is 0 Å². The van der Waals surface area contributed by atoms with Crippen LogP contribution >= 0.6 is 11.5 Å². The lowest BCUT2D eigenvalue weighted by Gasteiger charge is -2.04. The van der Waals surface area contributed by atoms with Gasteiger partial charge in [0.2, 0.25) is 0 Å². The van der Waals surface area contributed by atoms with Gasteiger partial charge in [-0.1, -0.05) is 4.49 Å². The van der Waals surface area contributed by atoms with E-state index in [1.54, 1.807) is 24.5 Å². The zero-order valence-corrected chi connectivity index (χ0v) is 8.36. The Bertz CT molecular complexity index is 470. The van der Waals surface area contributed by atoms with Crippen molar-refractivity contribution in [1.82, 2.24) is 14.6 Å². The monoisotopic (exact) mass is 221 g/mol. The summed E-state index contributed by atoms with van der Waals surface area (Å²) < 4.78 is 3.68. The summed E-state index contributed by atoms with van der Waals surface area (Å²) in [4.78, 5) is 15.1. The van der Waals surface area contributed by atoms with Gasteiger partial charge in [-0.15, -0.1) is 5.10 Å². The highest BCUT2D eigenvalue weighted by molar-refractivity contribution is 7.09. The van der Waals surface area contributed by atoms with Gasteiger partial charge in [0.05, 0.1) is 11.8 Å². The molecule has 2 aromatic heterocycles. The van der Waals surface area contributed by atoms with Crippen LogP contribution in [-0.4, -0.2) is 20.5 Å². The summed E-state index contributed by atoms with van der Waals surface area (Å²) in [6, 6.07) is 3.25. The van der Waals surface area contributed by atoms with E-state index in [4.69, 9.17) is 5.73 Å². The van der Waals surface area contributed by atoms with Crippen LogP contribution in [0.4, 0.5) is 10.8 Å². The van der Waals surface area contributed by atoms with Gasteiger partial charge in [0.1, 0.15) is 10.8 Å². The van der Waals surface area contributed by atoms with E-state index in [9.17, 15) is 4.79 Å². The van der Waals surface area contributed by atoms with Crippen molar-refractivity contribution < 1.29 is 4.79 Å². The lowest BCUT2D eigenvalue weighted by Crippen LogP contribution is -2.13. The van der Waals surface area contributed by atoms with E-state index in [0.29, 0.717) is 16.4 Å². The lowest BCUT2D eigenvalue weighted by atomic mass is 10.2. The summed E-state index contributed by atoms with van der Waals surface area (Å²) in [7, 11) is 0. The number of anilines is 2. The number of hydrogen-bond acceptors (Lipinski definition) is 6. The number of nitrogens with two attached hydrogens (primary N) is 1. The minimum atomic E-state index is -0.525. The van der Waals surface area contributed by atoms with Gasteiger partial charge in [0.25, 0.3) is 5.91 Å². The molecular weight excluding hydrogens is 214 g/mol. The van der Waals surface area contributed by atoms with Crippen molar-refractivity contribution in [3.05, 3.63) is 30.1 Å². The van der Waals surface area contributed by atoms with Crippen LogP contribution < -0.4 is 11.1 Å². The topological polar surface area (TPSA) is 93.8 Å². The number of rotatable bonds is 3. The molecule has 0 radical (unpaired) electrons. The van der Waals surface area contributed by atoms with Gasteiger partial charge >= 0.3 is 0 Å². The third kappa shape index (κ3) is 2.08. The van der Waals surface area contributed by atoms with Crippen molar-refractivity contribution >= 4 is 28.3 Å². The highest BCUT2D eigenvalue weighted by Crippen LogP contribution is 2.19. The minimum Gasteiger partial charge on any atom is -0.365 e. The summed E-state index contributed by atoms with van der Waals surface area (Å²) in [5.74, 6) is -0.112. The molecule has 15 heavy (non-hydrogen) atoms. The molecule has 0 aliphatic carbocycles. The molecule has 0 spiro atoms. The summed E-state index contributed by atoms with van der Waals surface area (Å²) in [6.07, 6.45) is 3.12. The number of carbonyl (C=O) groups is 1. The zero-order valence-electron chi connectivity index (χ0n) is 7.54. The van der Waals surface area contributed by atoms with Crippen molar-refractivity contribution in [3.8, 4) is 0 Å². The Kier molecular flexibility index (Phi) is 2.55. The Morgan fingerprint density at radius 1 is 1.53 bits per heavy atom. The Morgan fingerprint density at radius 2 is 2.40 bits per heavy atom. The van der Waals surface area contributed by atoms with Crippen molar-refractivity contribution in [3.63, 3.8) is 0 Å². The maximum absolute atomic E-state index is 11.1. The molecule has 0 bridgehead atoms. The SMILES string of the molecule is NC(=O)c1cccnc1Nc1cnns1. The van der Waals surface area contributed by atoms with E-state index < -0.39 is 5.91 Å². The van der Waals surface area contributed by atoms with Crippen molar-refractivity contribution in [1.29, 1.82) is 0 Å². The van der Waals surface area contributed by atoms with Crippen molar-refractivity contribution in [2.45, 2.75) is 0 Å². The van der Waals surface area contributed by atoms with E-state index in [-0.39, 0.29) is 0 Å². The first-order chi connectivity index (χ1) is 7.27. The van der Waals surface area contributed by atoms with Crippen molar-refractivity contribution in [2.75, 3.05) is 5.32 Å². The van der Waals surface area contributed by atoms with Crippen LogP contribution in [0.15, 0.2) is 24.5 Å². The zero-order chi connectivity index (χ0) is 10.7. The maximum Gasteiger partial charge on any atom is 0.252 e. The van der Waals surface area contributed by atoms with E-state index in [0.717, 1.165) is 0 Å². The molecule has 0 aliphatic heterocycles. The van der Waals surface area contributed by atoms with Crippen LogP contribution in [0.1, 0.15) is 10.4 Å². The minimum absolute atomic E-state index is 0.339. The Hall–Kier alpha value is -2.02. The number of aromatic nitrogens is 3. The molecule has 2 aromatic rings.